The van der Waals surface area contributed by atoms with E-state index in [1.807, 2.05) is 18.2 Å². The second-order valence-electron chi connectivity index (χ2n) is 7.13. The van der Waals surface area contributed by atoms with E-state index in [0.717, 1.165) is 6.26 Å². The molecule has 6 nitrogen and oxygen atoms in total. The van der Waals surface area contributed by atoms with Crippen LogP contribution in [0.2, 0.25) is 5.02 Å². The molecule has 2 rings (SSSR count). The van der Waals surface area contributed by atoms with Crippen LogP contribution in [0.5, 0.6) is 0 Å². The molecular weight excluding hydrogens is 388 g/mol. The maximum atomic E-state index is 12.8. The highest BCUT2D eigenvalue weighted by atomic mass is 35.5. The molecule has 0 fully saturated rings. The monoisotopic (exact) mass is 410 g/mol. The van der Waals surface area contributed by atoms with Crippen molar-refractivity contribution in [3.05, 3.63) is 47.7 Å². The van der Waals surface area contributed by atoms with Gasteiger partial charge in [-0.2, -0.15) is 0 Å². The summed E-state index contributed by atoms with van der Waals surface area (Å²) in [5, 5.41) is 0.511. The van der Waals surface area contributed by atoms with Crippen molar-refractivity contribution in [3.8, 4) is 11.1 Å². The quantitative estimate of drug-likeness (QED) is 0.738. The van der Waals surface area contributed by atoms with E-state index in [4.69, 9.17) is 16.3 Å². The van der Waals surface area contributed by atoms with Crippen molar-refractivity contribution in [1.29, 1.82) is 0 Å². The van der Waals surface area contributed by atoms with Gasteiger partial charge < -0.3 is 4.74 Å². The summed E-state index contributed by atoms with van der Waals surface area (Å²) in [5.41, 5.74) is 1.08. The van der Waals surface area contributed by atoms with Gasteiger partial charge in [-0.25, -0.2) is 13.2 Å². The molecule has 0 atom stereocenters. The molecule has 1 heterocycles. The Hall–Kier alpha value is -2.12. The molecule has 27 heavy (non-hydrogen) atoms. The Morgan fingerprint density at radius 2 is 1.85 bits per heavy atom. The molecule has 0 radical (unpaired) electrons. The Kier molecular flexibility index (Phi) is 6.49. The Morgan fingerprint density at radius 3 is 2.44 bits per heavy atom. The fourth-order valence-electron chi connectivity index (χ4n) is 2.39. The van der Waals surface area contributed by atoms with Crippen molar-refractivity contribution in [2.45, 2.75) is 26.4 Å². The highest BCUT2D eigenvalue weighted by Gasteiger charge is 2.26. The number of nitrogens with zero attached hydrogens (tertiary/aromatic N) is 2. The number of carbonyl (C=O) groups is 1. The Labute approximate surface area is 165 Å². The third-order valence-electron chi connectivity index (χ3n) is 3.55. The van der Waals surface area contributed by atoms with Crippen LogP contribution in [0.3, 0.4) is 0 Å². The first-order valence-electron chi connectivity index (χ1n) is 8.35. The van der Waals surface area contributed by atoms with Crippen LogP contribution in [-0.2, 0) is 14.6 Å². The molecule has 8 heteroatoms. The molecule has 0 aliphatic carbocycles. The average molecular weight is 411 g/mol. The first-order chi connectivity index (χ1) is 12.5. The van der Waals surface area contributed by atoms with Gasteiger partial charge in [0.05, 0.1) is 17.6 Å². The molecule has 0 saturated heterocycles. The Bertz CT molecular complexity index is 923. The van der Waals surface area contributed by atoms with Crippen LogP contribution >= 0.6 is 11.6 Å². The first kappa shape index (κ1) is 21.2. The van der Waals surface area contributed by atoms with Crippen LogP contribution in [0.15, 0.2) is 42.7 Å². The summed E-state index contributed by atoms with van der Waals surface area (Å²) in [7, 11) is -3.29. The second kappa shape index (κ2) is 8.27. The van der Waals surface area contributed by atoms with Crippen LogP contribution < -0.4 is 4.90 Å². The summed E-state index contributed by atoms with van der Waals surface area (Å²) in [5.74, 6) is -0.205. The number of rotatable bonds is 5. The van der Waals surface area contributed by atoms with Gasteiger partial charge in [-0.15, -0.1) is 0 Å². The summed E-state index contributed by atoms with van der Waals surface area (Å²) >= 11 is 6.32. The van der Waals surface area contributed by atoms with E-state index >= 15 is 0 Å². The molecule has 2 aromatic rings. The Morgan fingerprint density at radius 1 is 1.19 bits per heavy atom. The fraction of sp³-hybridized carbons (Fsp3) is 0.368. The molecule has 0 saturated carbocycles. The van der Waals surface area contributed by atoms with Crippen LogP contribution in [0.4, 0.5) is 10.5 Å². The van der Waals surface area contributed by atoms with Crippen LogP contribution in [-0.4, -0.2) is 43.6 Å². The van der Waals surface area contributed by atoms with Gasteiger partial charge in [0.2, 0.25) is 0 Å². The fourth-order valence-corrected chi connectivity index (χ4v) is 3.14. The molecule has 1 aromatic heterocycles. The van der Waals surface area contributed by atoms with Crippen LogP contribution in [0.25, 0.3) is 11.1 Å². The number of amides is 1. The van der Waals surface area contributed by atoms with Crippen molar-refractivity contribution < 1.29 is 17.9 Å². The smallest absolute Gasteiger partial charge is 0.414 e. The van der Waals surface area contributed by atoms with E-state index in [-0.39, 0.29) is 12.3 Å². The number of hydrogen-bond acceptors (Lipinski definition) is 5. The topological polar surface area (TPSA) is 76.6 Å². The molecule has 1 aromatic carbocycles. The van der Waals surface area contributed by atoms with E-state index in [2.05, 4.69) is 4.98 Å². The lowest BCUT2D eigenvalue weighted by atomic mass is 10.0. The zero-order chi connectivity index (χ0) is 20.2. The van der Waals surface area contributed by atoms with E-state index in [0.29, 0.717) is 21.8 Å². The molecule has 0 spiro atoms. The van der Waals surface area contributed by atoms with Crippen LogP contribution in [0.1, 0.15) is 20.8 Å². The summed E-state index contributed by atoms with van der Waals surface area (Å²) < 4.78 is 28.8. The minimum absolute atomic E-state index is 0.0586. The standard InChI is InChI=1S/C19H23ClN2O4S/c1-19(2,3)26-18(23)22(11-12-27(4,24)25)17-13-21-10-9-15(17)14-7-5-6-8-16(14)20/h5-10,13H,11-12H2,1-4H3. The van der Waals surface area contributed by atoms with Gasteiger partial charge in [-0.1, -0.05) is 29.8 Å². The maximum absolute atomic E-state index is 12.8. The van der Waals surface area contributed by atoms with Gasteiger partial charge in [-0.05, 0) is 32.9 Å². The molecule has 146 valence electrons. The van der Waals surface area contributed by atoms with Crippen molar-refractivity contribution in [2.24, 2.45) is 0 Å². The van der Waals surface area contributed by atoms with Gasteiger partial charge in [0.25, 0.3) is 0 Å². The molecule has 0 aliphatic heterocycles. The van der Waals surface area contributed by atoms with E-state index in [1.54, 1.807) is 39.1 Å². The number of sulfone groups is 1. The number of anilines is 1. The minimum Gasteiger partial charge on any atom is -0.443 e. The first-order valence-corrected chi connectivity index (χ1v) is 10.8. The lowest BCUT2D eigenvalue weighted by Gasteiger charge is -2.28. The van der Waals surface area contributed by atoms with Gasteiger partial charge in [0.15, 0.2) is 0 Å². The zero-order valence-corrected chi connectivity index (χ0v) is 17.3. The van der Waals surface area contributed by atoms with E-state index in [1.165, 1.54) is 11.1 Å². The third-order valence-corrected chi connectivity index (χ3v) is 4.81. The van der Waals surface area contributed by atoms with Crippen molar-refractivity contribution in [2.75, 3.05) is 23.5 Å². The molecule has 0 aliphatic rings. The lowest BCUT2D eigenvalue weighted by molar-refractivity contribution is 0.0582. The number of carbonyl (C=O) groups excluding carboxylic acids is 1. The van der Waals surface area contributed by atoms with Crippen molar-refractivity contribution in [3.63, 3.8) is 0 Å². The van der Waals surface area contributed by atoms with E-state index < -0.39 is 21.5 Å². The van der Waals surface area contributed by atoms with Gasteiger partial charge >= 0.3 is 6.09 Å². The lowest BCUT2D eigenvalue weighted by Crippen LogP contribution is -2.39. The summed E-state index contributed by atoms with van der Waals surface area (Å²) in [6.07, 6.45) is 3.57. The normalized spacial score (nSPS) is 11.9. The molecule has 1 amide bonds. The summed E-state index contributed by atoms with van der Waals surface area (Å²) in [6.45, 7) is 5.18. The molecular formula is C19H23ClN2O4S. The van der Waals surface area contributed by atoms with Crippen molar-refractivity contribution >= 4 is 33.2 Å². The maximum Gasteiger partial charge on any atom is 0.414 e. The number of aromatic nitrogens is 1. The predicted octanol–water partition coefficient (Wildman–Crippen LogP) is 4.19. The SMILES string of the molecule is CC(C)(C)OC(=O)N(CCS(C)(=O)=O)c1cnccc1-c1ccccc1Cl. The van der Waals surface area contributed by atoms with E-state index in [9.17, 15) is 13.2 Å². The molecule has 0 N–H and O–H groups in total. The number of pyridine rings is 1. The number of hydrogen-bond donors (Lipinski definition) is 0. The predicted molar refractivity (Wildman–Crippen MR) is 108 cm³/mol. The molecule has 0 bridgehead atoms. The highest BCUT2D eigenvalue weighted by Crippen LogP contribution is 2.35. The van der Waals surface area contributed by atoms with Gasteiger partial charge in [0.1, 0.15) is 15.4 Å². The summed E-state index contributed by atoms with van der Waals surface area (Å²) in [6, 6.07) is 8.94. The van der Waals surface area contributed by atoms with Crippen LogP contribution in [0, 0.1) is 0 Å². The number of ether oxygens (including phenoxy) is 1. The largest absolute Gasteiger partial charge is 0.443 e. The second-order valence-corrected chi connectivity index (χ2v) is 9.80. The minimum atomic E-state index is -3.29. The number of benzene rings is 1. The van der Waals surface area contributed by atoms with Gasteiger partial charge in [0, 0.05) is 35.1 Å². The number of halogens is 1. The third kappa shape index (κ3) is 6.22. The molecule has 0 unspecified atom stereocenters. The average Bonchev–Trinajstić information content (AvgIpc) is 2.53. The van der Waals surface area contributed by atoms with Crippen molar-refractivity contribution in [1.82, 2.24) is 4.98 Å². The Balaban J connectivity index is 2.52. The zero-order valence-electron chi connectivity index (χ0n) is 15.8. The summed E-state index contributed by atoms with van der Waals surface area (Å²) in [4.78, 5) is 18.2. The van der Waals surface area contributed by atoms with Gasteiger partial charge in [-0.3, -0.25) is 9.88 Å². The highest BCUT2D eigenvalue weighted by molar-refractivity contribution is 7.90.